The highest BCUT2D eigenvalue weighted by Gasteiger charge is 2.18. The molecule has 0 aliphatic heterocycles. The largest absolute Gasteiger partial charge is 0.296 e. The summed E-state index contributed by atoms with van der Waals surface area (Å²) in [6.07, 6.45) is 1.67. The molecule has 2 rings (SSSR count). The Morgan fingerprint density at radius 1 is 1.28 bits per heavy atom. The summed E-state index contributed by atoms with van der Waals surface area (Å²) in [4.78, 5) is -0.429. The number of aromatic nitrogens is 2. The highest BCUT2D eigenvalue weighted by atomic mass is 35.5. The molecule has 1 N–H and O–H groups in total. The zero-order valence-corrected chi connectivity index (χ0v) is 11.5. The van der Waals surface area contributed by atoms with Crippen LogP contribution < -0.4 is 0 Å². The zero-order valence-electron chi connectivity index (χ0n) is 9.13. The summed E-state index contributed by atoms with van der Waals surface area (Å²) in [6, 6.07) is 4.19. The van der Waals surface area contributed by atoms with Gasteiger partial charge in [-0.2, -0.15) is 13.5 Å². The molecule has 0 bridgehead atoms. The van der Waals surface area contributed by atoms with E-state index in [1.807, 2.05) is 0 Å². The summed E-state index contributed by atoms with van der Waals surface area (Å²) < 4.78 is 32.5. The van der Waals surface area contributed by atoms with E-state index in [0.29, 0.717) is 5.69 Å². The second-order valence-corrected chi connectivity index (χ2v) is 5.82. The van der Waals surface area contributed by atoms with Crippen LogP contribution in [0, 0.1) is 6.92 Å². The first kappa shape index (κ1) is 13.4. The maximum absolute atomic E-state index is 11.0. The minimum Gasteiger partial charge on any atom is -0.282 e. The van der Waals surface area contributed by atoms with Crippen molar-refractivity contribution in [3.8, 4) is 5.69 Å². The van der Waals surface area contributed by atoms with Crippen molar-refractivity contribution < 1.29 is 13.0 Å². The summed E-state index contributed by atoms with van der Waals surface area (Å²) in [6.45, 7) is 1.80. The zero-order chi connectivity index (χ0) is 13.5. The molecular formula is C10H8Cl2N2O3S. The SMILES string of the molecule is Cc1ccn(-c2cc(Cl)c(S(=O)(=O)O)cc2Cl)n1. The van der Waals surface area contributed by atoms with Crippen molar-refractivity contribution in [2.45, 2.75) is 11.8 Å². The summed E-state index contributed by atoms with van der Waals surface area (Å²) in [5.41, 5.74) is 1.21. The van der Waals surface area contributed by atoms with Crippen molar-refractivity contribution in [1.29, 1.82) is 0 Å². The minimum atomic E-state index is -4.40. The monoisotopic (exact) mass is 306 g/mol. The molecule has 0 saturated carbocycles. The molecule has 0 aliphatic carbocycles. The van der Waals surface area contributed by atoms with Crippen LogP contribution in [0.3, 0.4) is 0 Å². The van der Waals surface area contributed by atoms with E-state index in [4.69, 9.17) is 27.8 Å². The highest BCUT2D eigenvalue weighted by Crippen LogP contribution is 2.30. The summed E-state index contributed by atoms with van der Waals surface area (Å²) >= 11 is 11.8. The average molecular weight is 307 g/mol. The lowest BCUT2D eigenvalue weighted by atomic mass is 10.3. The van der Waals surface area contributed by atoms with Crippen LogP contribution in [-0.2, 0) is 10.1 Å². The predicted molar refractivity (Wildman–Crippen MR) is 68.1 cm³/mol. The molecule has 0 aliphatic rings. The van der Waals surface area contributed by atoms with E-state index in [2.05, 4.69) is 5.10 Å². The third-order valence-corrected chi connectivity index (χ3v) is 3.87. The lowest BCUT2D eigenvalue weighted by molar-refractivity contribution is 0.483. The number of hydrogen-bond acceptors (Lipinski definition) is 3. The molecule has 0 atom stereocenters. The lowest BCUT2D eigenvalue weighted by Gasteiger charge is -2.08. The van der Waals surface area contributed by atoms with Crippen molar-refractivity contribution >= 4 is 33.3 Å². The van der Waals surface area contributed by atoms with Crippen LogP contribution in [0.1, 0.15) is 5.69 Å². The molecule has 8 heteroatoms. The minimum absolute atomic E-state index is 0.120. The number of benzene rings is 1. The Hall–Kier alpha value is -1.08. The fraction of sp³-hybridized carbons (Fsp3) is 0.100. The molecule has 0 spiro atoms. The Morgan fingerprint density at radius 3 is 2.44 bits per heavy atom. The number of nitrogens with zero attached hydrogens (tertiary/aromatic N) is 2. The average Bonchev–Trinajstić information content (AvgIpc) is 2.66. The first-order valence-corrected chi connectivity index (χ1v) is 6.98. The second kappa shape index (κ2) is 4.55. The normalized spacial score (nSPS) is 11.8. The second-order valence-electron chi connectivity index (χ2n) is 3.61. The number of aryl methyl sites for hydroxylation is 1. The number of rotatable bonds is 2. The molecule has 0 fully saturated rings. The van der Waals surface area contributed by atoms with Crippen molar-refractivity contribution in [2.24, 2.45) is 0 Å². The molecule has 0 unspecified atom stereocenters. The van der Waals surface area contributed by atoms with Gasteiger partial charge in [0.1, 0.15) is 4.90 Å². The quantitative estimate of drug-likeness (QED) is 0.866. The van der Waals surface area contributed by atoms with Gasteiger partial charge in [-0.3, -0.25) is 4.55 Å². The van der Waals surface area contributed by atoms with E-state index in [1.165, 1.54) is 10.7 Å². The van der Waals surface area contributed by atoms with Gasteiger partial charge in [0.05, 0.1) is 21.4 Å². The fourth-order valence-electron chi connectivity index (χ4n) is 1.44. The Labute approximate surface area is 114 Å². The molecule has 0 amide bonds. The van der Waals surface area contributed by atoms with E-state index < -0.39 is 15.0 Å². The third-order valence-electron chi connectivity index (χ3n) is 2.25. The third kappa shape index (κ3) is 2.51. The Morgan fingerprint density at radius 2 is 1.94 bits per heavy atom. The van der Waals surface area contributed by atoms with Gasteiger partial charge >= 0.3 is 0 Å². The van der Waals surface area contributed by atoms with Gasteiger partial charge < -0.3 is 0 Å². The van der Waals surface area contributed by atoms with Crippen LogP contribution in [0.2, 0.25) is 10.0 Å². The lowest BCUT2D eigenvalue weighted by Crippen LogP contribution is -2.02. The Bertz CT molecular complexity index is 710. The maximum atomic E-state index is 11.0. The van der Waals surface area contributed by atoms with Crippen LogP contribution in [0.25, 0.3) is 5.69 Å². The van der Waals surface area contributed by atoms with Gasteiger partial charge in [-0.1, -0.05) is 23.2 Å². The van der Waals surface area contributed by atoms with Crippen LogP contribution in [0.15, 0.2) is 29.3 Å². The van der Waals surface area contributed by atoms with Crippen LogP contribution in [0.4, 0.5) is 0 Å². The smallest absolute Gasteiger partial charge is 0.282 e. The topological polar surface area (TPSA) is 72.2 Å². The summed E-state index contributed by atoms with van der Waals surface area (Å²) in [7, 11) is -4.40. The van der Waals surface area contributed by atoms with E-state index in [1.54, 1.807) is 19.2 Å². The first-order chi connectivity index (χ1) is 8.29. The standard InChI is InChI=1S/C10H8Cl2N2O3S/c1-6-2-3-14(13-6)9-4-8(12)10(5-7(9)11)18(15,16)17/h2-5H,1H3,(H,15,16,17). The van der Waals surface area contributed by atoms with E-state index in [9.17, 15) is 8.42 Å². The van der Waals surface area contributed by atoms with Crippen molar-refractivity contribution in [1.82, 2.24) is 9.78 Å². The van der Waals surface area contributed by atoms with E-state index in [-0.39, 0.29) is 10.0 Å². The van der Waals surface area contributed by atoms with E-state index >= 15 is 0 Å². The van der Waals surface area contributed by atoms with Crippen molar-refractivity contribution in [2.75, 3.05) is 0 Å². The number of hydrogen-bond donors (Lipinski definition) is 1. The molecule has 96 valence electrons. The van der Waals surface area contributed by atoms with Gasteiger partial charge in [-0.25, -0.2) is 4.68 Å². The van der Waals surface area contributed by atoms with Gasteiger partial charge in [0.2, 0.25) is 0 Å². The molecule has 5 nitrogen and oxygen atoms in total. The molecule has 1 aromatic heterocycles. The van der Waals surface area contributed by atoms with Crippen LogP contribution in [-0.4, -0.2) is 22.8 Å². The molecule has 1 heterocycles. The fourth-order valence-corrected chi connectivity index (χ4v) is 2.78. The van der Waals surface area contributed by atoms with E-state index in [0.717, 1.165) is 11.8 Å². The van der Waals surface area contributed by atoms with Crippen LogP contribution in [0.5, 0.6) is 0 Å². The summed E-state index contributed by atoms with van der Waals surface area (Å²) in [5, 5.41) is 4.14. The highest BCUT2D eigenvalue weighted by molar-refractivity contribution is 7.86. The first-order valence-electron chi connectivity index (χ1n) is 4.78. The van der Waals surface area contributed by atoms with Gasteiger partial charge in [0.25, 0.3) is 10.1 Å². The molecule has 0 saturated heterocycles. The van der Waals surface area contributed by atoms with Gasteiger partial charge in [-0.15, -0.1) is 0 Å². The predicted octanol–water partition coefficient (Wildman–Crippen LogP) is 2.73. The maximum Gasteiger partial charge on any atom is 0.296 e. The molecular weight excluding hydrogens is 299 g/mol. The molecule has 18 heavy (non-hydrogen) atoms. The summed E-state index contributed by atoms with van der Waals surface area (Å²) in [5.74, 6) is 0. The number of halogens is 2. The molecule has 1 aromatic carbocycles. The molecule has 2 aromatic rings. The van der Waals surface area contributed by atoms with Gasteiger partial charge in [0, 0.05) is 6.20 Å². The van der Waals surface area contributed by atoms with Crippen molar-refractivity contribution in [3.05, 3.63) is 40.1 Å². The van der Waals surface area contributed by atoms with Gasteiger partial charge in [-0.05, 0) is 25.1 Å². The van der Waals surface area contributed by atoms with Crippen molar-refractivity contribution in [3.63, 3.8) is 0 Å². The Kier molecular flexibility index (Phi) is 3.37. The Balaban J connectivity index is 2.64. The van der Waals surface area contributed by atoms with Gasteiger partial charge in [0.15, 0.2) is 0 Å². The molecule has 0 radical (unpaired) electrons. The van der Waals surface area contributed by atoms with Crippen LogP contribution >= 0.6 is 23.2 Å².